The van der Waals surface area contributed by atoms with Crippen molar-refractivity contribution in [3.63, 3.8) is 0 Å². The number of primary amides is 1. The number of nitrogens with two attached hydrogens (primary N) is 2. The van der Waals surface area contributed by atoms with Crippen LogP contribution >= 0.6 is 34.8 Å². The van der Waals surface area contributed by atoms with Crippen LogP contribution in [0.25, 0.3) is 22.3 Å². The van der Waals surface area contributed by atoms with Crippen molar-refractivity contribution >= 4 is 82.1 Å². The van der Waals surface area contributed by atoms with Gasteiger partial charge in [0, 0.05) is 58.2 Å². The number of aliphatic carboxylic acids is 1. The Hall–Kier alpha value is -10.6. The maximum absolute atomic E-state index is 16.6. The predicted octanol–water partition coefficient (Wildman–Crippen LogP) is 4.50. The second-order valence-corrected chi connectivity index (χ2v) is 34.0. The van der Waals surface area contributed by atoms with Crippen LogP contribution in [0.1, 0.15) is 131 Å². The summed E-state index contributed by atoms with van der Waals surface area (Å²) in [6.45, 7) is 9.06. The summed E-state index contributed by atoms with van der Waals surface area (Å²) in [5.41, 5.74) is 9.60. The van der Waals surface area contributed by atoms with Gasteiger partial charge in [0.25, 0.3) is 0 Å². The topological polar surface area (TPSA) is 561 Å². The summed E-state index contributed by atoms with van der Waals surface area (Å²) in [4.78, 5) is 121. The van der Waals surface area contributed by atoms with Crippen LogP contribution in [0.2, 0.25) is 15.1 Å². The molecule has 3 fully saturated rings. The molecule has 7 aromatic carbocycles. The first-order valence-corrected chi connectivity index (χ1v) is 41.2. The second-order valence-electron chi connectivity index (χ2n) is 32.7. The number of amides is 7. The van der Waals surface area contributed by atoms with Crippen molar-refractivity contribution in [3.05, 3.63) is 176 Å². The van der Waals surface area contributed by atoms with E-state index in [-0.39, 0.29) is 59.2 Å². The van der Waals surface area contributed by atoms with Crippen LogP contribution in [-0.2, 0) is 68.6 Å². The summed E-state index contributed by atoms with van der Waals surface area (Å²) < 4.78 is 52.9. The molecule has 0 aliphatic carbocycles. The van der Waals surface area contributed by atoms with Gasteiger partial charge in [-0.1, -0.05) is 103 Å². The second kappa shape index (κ2) is 37.9. The highest BCUT2D eigenvalue weighted by molar-refractivity contribution is 6.32. The summed E-state index contributed by atoms with van der Waals surface area (Å²) >= 11 is 20.8. The van der Waals surface area contributed by atoms with Crippen molar-refractivity contribution in [2.45, 2.75) is 207 Å². The number of aromatic hydroxyl groups is 3. The monoisotopic (exact) mass is 1790 g/mol. The number of rotatable bonds is 19. The van der Waals surface area contributed by atoms with Crippen molar-refractivity contribution in [2.24, 2.45) is 17.4 Å². The van der Waals surface area contributed by atoms with Crippen LogP contribution in [0.3, 0.4) is 0 Å². The number of carboxylic acids is 1. The van der Waals surface area contributed by atoms with Crippen LogP contribution in [0.15, 0.2) is 127 Å². The predicted molar refractivity (Wildman–Crippen MR) is 445 cm³/mol. The molecule has 7 amide bonds. The number of fused-ring (bicyclic) bond motifs is 15. The zero-order valence-electron chi connectivity index (χ0n) is 68.3. The van der Waals surface area contributed by atoms with E-state index in [1.165, 1.54) is 51.2 Å². The molecule has 22 atom stereocenters. The molecule has 11 bridgehead atoms. The lowest BCUT2D eigenvalue weighted by molar-refractivity contribution is -0.334. The molecule has 15 rings (SSSR count). The van der Waals surface area contributed by atoms with E-state index in [2.05, 4.69) is 42.5 Å². The lowest BCUT2D eigenvalue weighted by atomic mass is 9.84. The molecule has 22 N–H and O–H groups in total. The number of carbonyl (C=O) groups is 8. The van der Waals surface area contributed by atoms with E-state index in [1.54, 1.807) is 26.0 Å². The first-order valence-electron chi connectivity index (χ1n) is 40.1. The molecule has 0 saturated carbocycles. The van der Waals surface area contributed by atoms with Gasteiger partial charge in [-0.05, 0) is 153 Å². The van der Waals surface area contributed by atoms with Gasteiger partial charge in [0.1, 0.15) is 89.5 Å². The van der Waals surface area contributed by atoms with E-state index in [0.717, 1.165) is 65.2 Å². The Morgan fingerprint density at radius 3 is 1.83 bits per heavy atom. The standard InChI is InChI=1S/C86H97Cl3N10O26/c1-35(2)22-51(92-7)77(110)98-67-69(105)42-15-20-55(49(88)24-42)120-57-26-44-27-58(73(57)125-84-74(71(107)70(106)59(34-100)122-84)124-62-32-86(6,76(109)37(4)119-62)93-33-38-8-10-39(11-9-38)40-12-17-45(87)18-13-40)121-56-21-16-43(25-50(56)89)72(123-61-31-85(5,91)75(108)36(3)118-61)68-82(115)97-66(83(116)117)48-28-46(101)29-54(103)63(48)47-23-41(14-19-53(47)102)64(79(112)99-68)96-80(113)65(44)95-78(111)52(30-60(90)104)94-81(67)114/h8-21,23-29,35-37,51-52,59,61-62,64-72,74-76,84,92-93,100-103,105-109H,22,30-34,91H2,1-7H3,(H2,90,104)(H,94,114)(H,95,111)(H,96,113)(H,97,115)(H,98,110)(H,99,112)(H,116,117)/t36-,37-,51+,52-,59+,61-,62-,64+,65+,66+,67+,68-,69+,70+,71?,72+,74+,75-,76-,84-,85-,86-/m0/s1. The third kappa shape index (κ3) is 20.1. The smallest absolute Gasteiger partial charge is 0.330 e. The van der Waals surface area contributed by atoms with Gasteiger partial charge in [0.15, 0.2) is 36.2 Å². The van der Waals surface area contributed by atoms with Gasteiger partial charge in [0.05, 0.1) is 53.5 Å². The zero-order chi connectivity index (χ0) is 90.3. The first-order chi connectivity index (χ1) is 59.2. The van der Waals surface area contributed by atoms with Crippen LogP contribution < -0.4 is 68.2 Å². The molecular formula is C86H97Cl3N10O26. The van der Waals surface area contributed by atoms with Crippen LogP contribution in [-0.4, -0.2) is 215 Å². The molecule has 125 heavy (non-hydrogen) atoms. The molecule has 0 spiro atoms. The summed E-state index contributed by atoms with van der Waals surface area (Å²) in [5.74, 6) is -16.1. The maximum Gasteiger partial charge on any atom is 0.330 e. The van der Waals surface area contributed by atoms with Gasteiger partial charge >= 0.3 is 5.97 Å². The van der Waals surface area contributed by atoms with E-state index in [9.17, 15) is 65.4 Å². The molecule has 8 aliphatic heterocycles. The number of hydrogen-bond acceptors (Lipinski definition) is 28. The SMILES string of the molecule is CN[C@H](CC(C)C)C(=O)N[C@H]1C(=O)N[C@@H](CC(N)=O)C(=O)N[C@H]2C(=O)N[C@H]3C(=O)N[C@H](C(=O)N[C@@H](C(=O)O)c4cc(O)cc(O)c4-c4cc3ccc4O)[C@H](O[C@H]3C[C@](C)(N)[C@@H](O)[C@H](C)O3)c3ccc(c(Cl)c3)Oc3cc2cc(c3O[C@@H]2O[C@H](CO)[C@@H](O)C(O)[C@H]2O[C@H]2C[C@](C)(NCc3ccc(-c4ccc(Cl)cc4)cc3)[C@@H](O)[C@H](C)O2)Oc2ccc(cc2Cl)[C@H]1O. The average Bonchev–Trinajstić information content (AvgIpc) is 0.762. The summed E-state index contributed by atoms with van der Waals surface area (Å²) in [7, 11) is 1.48. The molecule has 36 nitrogen and oxygen atoms in total. The highest BCUT2D eigenvalue weighted by atomic mass is 35.5. The largest absolute Gasteiger partial charge is 0.508 e. The minimum absolute atomic E-state index is 0.119. The fourth-order valence-electron chi connectivity index (χ4n) is 16.2. The number of phenolic OH excluding ortho intramolecular Hbond substituents is 3. The lowest BCUT2D eigenvalue weighted by Gasteiger charge is -2.48. The van der Waals surface area contributed by atoms with Crippen molar-refractivity contribution in [1.82, 2.24) is 42.5 Å². The Labute approximate surface area is 730 Å². The number of nitrogens with one attached hydrogen (secondary N) is 8. The lowest BCUT2D eigenvalue weighted by Crippen LogP contribution is -2.65. The van der Waals surface area contributed by atoms with Gasteiger partial charge in [-0.3, -0.25) is 33.6 Å². The summed E-state index contributed by atoms with van der Waals surface area (Å²) in [6, 6.07) is 14.5. The quantitative estimate of drug-likeness (QED) is 0.0530. The number of carboxylic acid groups (broad SMARTS) is 1. The molecule has 668 valence electrons. The fourth-order valence-corrected chi connectivity index (χ4v) is 16.7. The number of hydrogen-bond donors (Lipinski definition) is 20. The van der Waals surface area contributed by atoms with E-state index in [0.29, 0.717) is 5.02 Å². The van der Waals surface area contributed by atoms with E-state index >= 15 is 24.0 Å². The normalized spacial score (nSPS) is 29.7. The number of carbonyl (C=O) groups excluding carboxylic acids is 7. The van der Waals surface area contributed by atoms with Crippen molar-refractivity contribution < 1.29 is 127 Å². The molecule has 3 saturated heterocycles. The highest BCUT2D eigenvalue weighted by Gasteiger charge is 2.53. The molecular weight excluding hydrogens is 1700 g/mol. The Bertz CT molecular complexity index is 5250. The van der Waals surface area contributed by atoms with Crippen molar-refractivity contribution in [2.75, 3.05) is 13.7 Å². The van der Waals surface area contributed by atoms with Crippen LogP contribution in [0.4, 0.5) is 0 Å². The third-order valence-corrected chi connectivity index (χ3v) is 23.8. The van der Waals surface area contributed by atoms with Crippen molar-refractivity contribution in [3.8, 4) is 68.2 Å². The molecule has 8 aliphatic rings. The zero-order valence-corrected chi connectivity index (χ0v) is 70.6. The number of phenols is 3. The number of aliphatic hydroxyl groups is 6. The summed E-state index contributed by atoms with van der Waals surface area (Å²) in [6.07, 6.45) is -23.0. The first kappa shape index (κ1) is 92.1. The molecule has 1 unspecified atom stereocenters. The number of aliphatic hydroxyl groups excluding tert-OH is 6. The molecule has 0 aromatic heterocycles. The Balaban J connectivity index is 1.02. The molecule has 8 heterocycles. The van der Waals surface area contributed by atoms with E-state index in [1.807, 2.05) is 50.2 Å². The van der Waals surface area contributed by atoms with Crippen molar-refractivity contribution in [1.29, 1.82) is 0 Å². The minimum atomic E-state index is -2.40. The molecule has 39 heteroatoms. The van der Waals surface area contributed by atoms with Gasteiger partial charge in [-0.2, -0.15) is 0 Å². The fraction of sp³-hybridized carbons (Fsp3) is 0.419. The maximum atomic E-state index is 16.6. The Morgan fingerprint density at radius 2 is 1.22 bits per heavy atom. The van der Waals surface area contributed by atoms with Gasteiger partial charge in [-0.15, -0.1) is 0 Å². The minimum Gasteiger partial charge on any atom is -0.508 e. The average molecular weight is 1790 g/mol. The highest BCUT2D eigenvalue weighted by Crippen LogP contribution is 2.51. The Morgan fingerprint density at radius 1 is 0.632 bits per heavy atom. The molecule has 0 radical (unpaired) electrons. The van der Waals surface area contributed by atoms with E-state index < -0.39 is 261 Å². The number of ether oxygens (including phenoxy) is 8. The van der Waals surface area contributed by atoms with Crippen LogP contribution in [0, 0.1) is 5.92 Å². The number of benzene rings is 7. The molecule has 7 aromatic rings. The Kier molecular flexibility index (Phi) is 27.9. The van der Waals surface area contributed by atoms with Gasteiger partial charge in [0.2, 0.25) is 53.4 Å². The van der Waals surface area contributed by atoms with Gasteiger partial charge < -0.3 is 143 Å². The number of likely N-dealkylation sites (N-methyl/N-ethyl adjacent to an activating group) is 1. The van der Waals surface area contributed by atoms with Crippen LogP contribution in [0.5, 0.6) is 46.0 Å². The third-order valence-electron chi connectivity index (χ3n) is 22.9. The van der Waals surface area contributed by atoms with Gasteiger partial charge in [-0.25, -0.2) is 4.79 Å². The summed E-state index contributed by atoms with van der Waals surface area (Å²) in [5, 5.41) is 138. The van der Waals surface area contributed by atoms with E-state index in [4.69, 9.17) is 84.2 Å². The number of halogens is 3.